The van der Waals surface area contributed by atoms with Crippen molar-refractivity contribution in [3.8, 4) is 0 Å². The predicted octanol–water partition coefficient (Wildman–Crippen LogP) is 2.39. The van der Waals surface area contributed by atoms with Crippen LogP contribution in [0.4, 0.5) is 0 Å². The number of aliphatic carboxylic acids is 1. The smallest absolute Gasteiger partial charge is 0.303 e. The Balaban J connectivity index is 2.13. The molecule has 1 aliphatic rings. The second kappa shape index (κ2) is 6.98. The van der Waals surface area contributed by atoms with Gasteiger partial charge in [-0.1, -0.05) is 0 Å². The lowest BCUT2D eigenvalue weighted by Gasteiger charge is -2.34. The molecule has 5 nitrogen and oxygen atoms in total. The Bertz CT molecular complexity index is 502. The van der Waals surface area contributed by atoms with E-state index in [2.05, 4.69) is 28.7 Å². The Morgan fingerprint density at radius 2 is 2.24 bits per heavy atom. The first kappa shape index (κ1) is 15.9. The van der Waals surface area contributed by atoms with Gasteiger partial charge in [0.15, 0.2) is 0 Å². The number of nitrogens with zero attached hydrogens (tertiary/aromatic N) is 3. The average Bonchev–Trinajstić information content (AvgIpc) is 2.44. The minimum Gasteiger partial charge on any atom is -0.481 e. The molecule has 0 spiro atoms. The first-order chi connectivity index (χ1) is 9.95. The lowest BCUT2D eigenvalue weighted by molar-refractivity contribution is -0.136. The Hall–Kier alpha value is -1.49. The van der Waals surface area contributed by atoms with Crippen molar-refractivity contribution in [2.45, 2.75) is 58.4 Å². The molecule has 2 heterocycles. The molecule has 0 amide bonds. The maximum atomic E-state index is 10.7. The highest BCUT2D eigenvalue weighted by atomic mass is 16.4. The van der Waals surface area contributed by atoms with E-state index in [0.29, 0.717) is 18.4 Å². The molecular formula is C16H25N3O2. The van der Waals surface area contributed by atoms with Gasteiger partial charge in [-0.2, -0.15) is 0 Å². The van der Waals surface area contributed by atoms with E-state index < -0.39 is 5.97 Å². The van der Waals surface area contributed by atoms with E-state index in [0.717, 1.165) is 36.7 Å². The van der Waals surface area contributed by atoms with Crippen molar-refractivity contribution in [3.05, 3.63) is 23.3 Å². The fraction of sp³-hybridized carbons (Fsp3) is 0.688. The highest BCUT2D eigenvalue weighted by molar-refractivity contribution is 5.66. The summed E-state index contributed by atoms with van der Waals surface area (Å²) in [6.07, 6.45) is 2.89. The number of carboxylic acids is 1. The summed E-state index contributed by atoms with van der Waals surface area (Å²) in [5.74, 6) is 0.474. The molecule has 2 rings (SSSR count). The van der Waals surface area contributed by atoms with Crippen LogP contribution in [0.2, 0.25) is 0 Å². The van der Waals surface area contributed by atoms with Crippen LogP contribution >= 0.6 is 0 Å². The molecule has 1 atom stereocenters. The molecule has 116 valence electrons. The van der Waals surface area contributed by atoms with Crippen LogP contribution in [0.25, 0.3) is 0 Å². The topological polar surface area (TPSA) is 66.3 Å². The normalized spacial score (nSPS) is 19.9. The van der Waals surface area contributed by atoms with Gasteiger partial charge in [0.2, 0.25) is 0 Å². The van der Waals surface area contributed by atoms with Crippen molar-refractivity contribution in [2.75, 3.05) is 13.1 Å². The highest BCUT2D eigenvalue weighted by Crippen LogP contribution is 2.26. The van der Waals surface area contributed by atoms with E-state index in [4.69, 9.17) is 5.11 Å². The number of carboxylic acid groups (broad SMARTS) is 1. The zero-order valence-corrected chi connectivity index (χ0v) is 13.2. The fourth-order valence-corrected chi connectivity index (χ4v) is 2.89. The van der Waals surface area contributed by atoms with Gasteiger partial charge in [-0.15, -0.1) is 0 Å². The molecule has 0 saturated carbocycles. The van der Waals surface area contributed by atoms with Gasteiger partial charge < -0.3 is 10.0 Å². The lowest BCUT2D eigenvalue weighted by Crippen LogP contribution is -2.39. The third-order valence-corrected chi connectivity index (χ3v) is 4.07. The van der Waals surface area contributed by atoms with E-state index in [1.54, 1.807) is 0 Å². The molecule has 1 N–H and O–H groups in total. The molecule has 1 saturated heterocycles. The van der Waals surface area contributed by atoms with E-state index in [1.807, 2.05) is 13.0 Å². The Kier molecular flexibility index (Phi) is 5.28. The van der Waals surface area contributed by atoms with E-state index in [9.17, 15) is 4.79 Å². The van der Waals surface area contributed by atoms with Crippen molar-refractivity contribution in [1.82, 2.24) is 14.9 Å². The molecule has 1 aromatic rings. The van der Waals surface area contributed by atoms with Crippen LogP contribution < -0.4 is 0 Å². The summed E-state index contributed by atoms with van der Waals surface area (Å²) in [6.45, 7) is 8.54. The Morgan fingerprint density at radius 3 is 2.90 bits per heavy atom. The number of likely N-dealkylation sites (tertiary alicyclic amines) is 1. The maximum Gasteiger partial charge on any atom is 0.303 e. The molecule has 1 fully saturated rings. The van der Waals surface area contributed by atoms with Gasteiger partial charge in [-0.3, -0.25) is 4.79 Å². The number of aryl methyl sites for hydroxylation is 2. The minimum atomic E-state index is -0.781. The minimum absolute atomic E-state index is 0.124. The van der Waals surface area contributed by atoms with Gasteiger partial charge in [-0.25, -0.2) is 9.97 Å². The Labute approximate surface area is 126 Å². The van der Waals surface area contributed by atoms with Crippen molar-refractivity contribution >= 4 is 5.97 Å². The number of aromatic nitrogens is 2. The summed E-state index contributed by atoms with van der Waals surface area (Å²) < 4.78 is 0. The van der Waals surface area contributed by atoms with E-state index >= 15 is 0 Å². The SMILES string of the molecule is Cc1cc(CCC(=O)O)nc([C@@H]2CCCN(C(C)C)C2)n1. The molecule has 0 unspecified atom stereocenters. The van der Waals surface area contributed by atoms with Crippen LogP contribution in [0, 0.1) is 6.92 Å². The van der Waals surface area contributed by atoms with Gasteiger partial charge in [0.25, 0.3) is 0 Å². The average molecular weight is 291 g/mol. The summed E-state index contributed by atoms with van der Waals surface area (Å²) in [4.78, 5) is 22.4. The summed E-state index contributed by atoms with van der Waals surface area (Å²) >= 11 is 0. The van der Waals surface area contributed by atoms with E-state index in [-0.39, 0.29) is 6.42 Å². The van der Waals surface area contributed by atoms with Crippen molar-refractivity contribution in [3.63, 3.8) is 0 Å². The van der Waals surface area contributed by atoms with Crippen molar-refractivity contribution in [2.24, 2.45) is 0 Å². The van der Waals surface area contributed by atoms with Crippen LogP contribution in [-0.4, -0.2) is 45.1 Å². The molecule has 21 heavy (non-hydrogen) atoms. The zero-order valence-electron chi connectivity index (χ0n) is 13.2. The first-order valence-electron chi connectivity index (χ1n) is 7.76. The van der Waals surface area contributed by atoms with Gasteiger partial charge in [0, 0.05) is 36.3 Å². The fourth-order valence-electron chi connectivity index (χ4n) is 2.89. The van der Waals surface area contributed by atoms with Gasteiger partial charge >= 0.3 is 5.97 Å². The van der Waals surface area contributed by atoms with Crippen LogP contribution in [0.15, 0.2) is 6.07 Å². The number of piperidine rings is 1. The van der Waals surface area contributed by atoms with Crippen molar-refractivity contribution < 1.29 is 9.90 Å². The molecule has 1 aromatic heterocycles. The molecule has 5 heteroatoms. The summed E-state index contributed by atoms with van der Waals surface area (Å²) in [5.41, 5.74) is 1.78. The Morgan fingerprint density at radius 1 is 1.48 bits per heavy atom. The number of carbonyl (C=O) groups is 1. The van der Waals surface area contributed by atoms with Crippen LogP contribution in [-0.2, 0) is 11.2 Å². The second-order valence-electron chi connectivity index (χ2n) is 6.18. The quantitative estimate of drug-likeness (QED) is 0.902. The maximum absolute atomic E-state index is 10.7. The first-order valence-corrected chi connectivity index (χ1v) is 7.76. The largest absolute Gasteiger partial charge is 0.481 e. The van der Waals surface area contributed by atoms with Crippen LogP contribution in [0.5, 0.6) is 0 Å². The third-order valence-electron chi connectivity index (χ3n) is 4.07. The molecular weight excluding hydrogens is 266 g/mol. The molecule has 0 aromatic carbocycles. The molecule has 0 aliphatic carbocycles. The van der Waals surface area contributed by atoms with Gasteiger partial charge in [-0.05, 0) is 46.2 Å². The monoisotopic (exact) mass is 291 g/mol. The standard InChI is InChI=1S/C16H25N3O2/c1-11(2)19-8-4-5-13(10-19)16-17-12(3)9-14(18-16)6-7-15(20)21/h9,11,13H,4-8,10H2,1-3H3,(H,20,21)/t13-/m1/s1. The highest BCUT2D eigenvalue weighted by Gasteiger charge is 2.25. The summed E-state index contributed by atoms with van der Waals surface area (Å²) in [7, 11) is 0. The lowest BCUT2D eigenvalue weighted by atomic mass is 9.96. The van der Waals surface area contributed by atoms with Crippen LogP contribution in [0.3, 0.4) is 0 Å². The predicted molar refractivity (Wildman–Crippen MR) is 81.4 cm³/mol. The number of rotatable bonds is 5. The molecule has 1 aliphatic heterocycles. The summed E-state index contributed by atoms with van der Waals surface area (Å²) in [5, 5.41) is 8.81. The molecule has 0 bridgehead atoms. The molecule has 0 radical (unpaired) electrons. The summed E-state index contributed by atoms with van der Waals surface area (Å²) in [6, 6.07) is 2.44. The third kappa shape index (κ3) is 4.49. The van der Waals surface area contributed by atoms with Crippen molar-refractivity contribution in [1.29, 1.82) is 0 Å². The van der Waals surface area contributed by atoms with Gasteiger partial charge in [0.05, 0.1) is 6.42 Å². The van der Waals surface area contributed by atoms with E-state index in [1.165, 1.54) is 6.42 Å². The van der Waals surface area contributed by atoms with Crippen LogP contribution in [0.1, 0.15) is 56.2 Å². The second-order valence-corrected chi connectivity index (χ2v) is 6.18. The zero-order chi connectivity index (χ0) is 15.4. The number of hydrogen-bond acceptors (Lipinski definition) is 4. The van der Waals surface area contributed by atoms with Gasteiger partial charge in [0.1, 0.15) is 5.82 Å². The number of hydrogen-bond donors (Lipinski definition) is 1.